The van der Waals surface area contributed by atoms with Crippen molar-refractivity contribution in [1.29, 1.82) is 0 Å². The fourth-order valence-corrected chi connectivity index (χ4v) is 4.33. The monoisotopic (exact) mass is 566 g/mol. The second-order valence-corrected chi connectivity index (χ2v) is 9.91. The third kappa shape index (κ3) is 8.18. The molecule has 1 heterocycles. The van der Waals surface area contributed by atoms with Crippen LogP contribution in [0.4, 0.5) is 11.4 Å². The molecule has 2 unspecified atom stereocenters. The van der Waals surface area contributed by atoms with E-state index in [-0.39, 0.29) is 41.0 Å². The summed E-state index contributed by atoms with van der Waals surface area (Å²) in [5, 5.41) is 8.44. The van der Waals surface area contributed by atoms with Crippen LogP contribution < -0.4 is 43.6 Å². The van der Waals surface area contributed by atoms with Crippen molar-refractivity contribution in [3.63, 3.8) is 0 Å². The van der Waals surface area contributed by atoms with Crippen molar-refractivity contribution in [3.8, 4) is 5.75 Å². The summed E-state index contributed by atoms with van der Waals surface area (Å²) in [7, 11) is 0. The van der Waals surface area contributed by atoms with Crippen molar-refractivity contribution in [2.45, 2.75) is 58.2 Å². The highest BCUT2D eigenvalue weighted by Gasteiger charge is 2.31. The molecule has 11 N–H and O–H groups in total. The van der Waals surface area contributed by atoms with Crippen LogP contribution in [0.1, 0.15) is 65.8 Å². The van der Waals surface area contributed by atoms with E-state index in [1.54, 1.807) is 12.1 Å². The number of hydrogen-bond donors (Lipinski definition) is 7. The zero-order valence-electron chi connectivity index (χ0n) is 23.2. The normalized spacial score (nSPS) is 18.3. The SMILES string of the molecule is CCC(C)[C@@H]1NC(=O)c2cc(N=C(N)N)ccc2OCc2ccc(C(N)=O)cc2NC(=O)C(CCCCN)NC1=O. The molecule has 2 aromatic carbocycles. The van der Waals surface area contributed by atoms with Crippen LogP contribution in [0, 0.1) is 5.92 Å². The van der Waals surface area contributed by atoms with Crippen LogP contribution in [0.25, 0.3) is 0 Å². The van der Waals surface area contributed by atoms with Gasteiger partial charge in [-0.3, -0.25) is 19.2 Å². The maximum Gasteiger partial charge on any atom is 0.255 e. The number of nitrogens with zero attached hydrogens (tertiary/aromatic N) is 1. The van der Waals surface area contributed by atoms with Gasteiger partial charge in [0.1, 0.15) is 24.4 Å². The van der Waals surface area contributed by atoms with E-state index >= 15 is 0 Å². The van der Waals surface area contributed by atoms with E-state index in [9.17, 15) is 19.2 Å². The third-order valence-electron chi connectivity index (χ3n) is 6.86. The minimum atomic E-state index is -0.964. The van der Waals surface area contributed by atoms with Crippen molar-refractivity contribution in [2.24, 2.45) is 33.8 Å². The van der Waals surface area contributed by atoms with Crippen molar-refractivity contribution < 1.29 is 23.9 Å². The molecule has 0 radical (unpaired) electrons. The minimum Gasteiger partial charge on any atom is -0.488 e. The molecular formula is C28H38N8O5. The summed E-state index contributed by atoms with van der Waals surface area (Å²) in [6.07, 6.45) is 2.11. The number of amides is 4. The average molecular weight is 567 g/mol. The third-order valence-corrected chi connectivity index (χ3v) is 6.86. The van der Waals surface area contributed by atoms with Crippen LogP contribution in [0.3, 0.4) is 0 Å². The molecule has 41 heavy (non-hydrogen) atoms. The molecule has 0 bridgehead atoms. The molecule has 1 aliphatic heterocycles. The summed E-state index contributed by atoms with van der Waals surface area (Å²) in [6.45, 7) is 4.07. The predicted molar refractivity (Wildman–Crippen MR) is 155 cm³/mol. The molecule has 0 fully saturated rings. The lowest BCUT2D eigenvalue weighted by Gasteiger charge is -2.27. The number of nitrogens with one attached hydrogen (secondary N) is 3. The van der Waals surface area contributed by atoms with Gasteiger partial charge in [-0.25, -0.2) is 4.99 Å². The lowest BCUT2D eigenvalue weighted by atomic mass is 9.96. The van der Waals surface area contributed by atoms with E-state index < -0.39 is 35.7 Å². The smallest absolute Gasteiger partial charge is 0.255 e. The summed E-state index contributed by atoms with van der Waals surface area (Å²) >= 11 is 0. The largest absolute Gasteiger partial charge is 0.488 e. The highest BCUT2D eigenvalue weighted by Crippen LogP contribution is 2.28. The molecule has 3 rings (SSSR count). The molecule has 0 saturated carbocycles. The van der Waals surface area contributed by atoms with E-state index in [1.165, 1.54) is 24.3 Å². The molecular weight excluding hydrogens is 528 g/mol. The maximum absolute atomic E-state index is 13.6. The molecule has 220 valence electrons. The fraction of sp³-hybridized carbons (Fsp3) is 0.393. The topological polar surface area (TPSA) is 230 Å². The number of fused-ring (bicyclic) bond motifs is 2. The quantitative estimate of drug-likeness (QED) is 0.138. The van der Waals surface area contributed by atoms with Gasteiger partial charge >= 0.3 is 0 Å². The lowest BCUT2D eigenvalue weighted by Crippen LogP contribution is -2.55. The van der Waals surface area contributed by atoms with Gasteiger partial charge in [0.15, 0.2) is 5.96 Å². The number of benzene rings is 2. The van der Waals surface area contributed by atoms with Gasteiger partial charge in [0.05, 0.1) is 11.3 Å². The Balaban J connectivity index is 2.13. The van der Waals surface area contributed by atoms with Gasteiger partial charge in [-0.05, 0) is 62.1 Å². The van der Waals surface area contributed by atoms with Crippen molar-refractivity contribution in [3.05, 3.63) is 53.1 Å². The van der Waals surface area contributed by atoms with Crippen LogP contribution in [0.15, 0.2) is 41.4 Å². The van der Waals surface area contributed by atoms with Crippen molar-refractivity contribution >= 4 is 41.0 Å². The molecule has 4 amide bonds. The highest BCUT2D eigenvalue weighted by atomic mass is 16.5. The predicted octanol–water partition coefficient (Wildman–Crippen LogP) is 0.980. The highest BCUT2D eigenvalue weighted by molar-refractivity contribution is 6.03. The molecule has 3 atom stereocenters. The van der Waals surface area contributed by atoms with Crippen molar-refractivity contribution in [1.82, 2.24) is 10.6 Å². The number of nitrogens with two attached hydrogens (primary N) is 4. The summed E-state index contributed by atoms with van der Waals surface area (Å²) in [5.41, 5.74) is 23.5. The van der Waals surface area contributed by atoms with Gasteiger partial charge in [-0.1, -0.05) is 26.3 Å². The van der Waals surface area contributed by atoms with Gasteiger partial charge in [0, 0.05) is 16.8 Å². The zero-order chi connectivity index (χ0) is 30.1. The van der Waals surface area contributed by atoms with Gasteiger partial charge in [-0.2, -0.15) is 0 Å². The maximum atomic E-state index is 13.6. The van der Waals surface area contributed by atoms with Crippen LogP contribution >= 0.6 is 0 Å². The van der Waals surface area contributed by atoms with Gasteiger partial charge in [0.25, 0.3) is 5.91 Å². The number of carbonyl (C=O) groups excluding carboxylic acids is 4. The summed E-state index contributed by atoms with van der Waals surface area (Å²) in [5.74, 6) is -2.56. The molecule has 13 heteroatoms. The molecule has 0 saturated heterocycles. The van der Waals surface area contributed by atoms with E-state index in [1.807, 2.05) is 13.8 Å². The Bertz CT molecular complexity index is 1320. The first kappa shape index (κ1) is 30.9. The number of unbranched alkanes of at least 4 members (excludes halogenated alkanes) is 1. The number of guanidine groups is 1. The van der Waals surface area contributed by atoms with E-state index in [2.05, 4.69) is 20.9 Å². The Kier molecular flexibility index (Phi) is 10.6. The second kappa shape index (κ2) is 14.1. The Labute approximate surface area is 238 Å². The summed E-state index contributed by atoms with van der Waals surface area (Å²) in [6, 6.07) is 7.20. The molecule has 0 aliphatic carbocycles. The molecule has 0 aromatic heterocycles. The van der Waals surface area contributed by atoms with Gasteiger partial charge < -0.3 is 43.6 Å². The standard InChI is InChI=1S/C28H38N8O5/c1-3-15(2)23-27(40)34-20(6-4-5-11-29)26(39)35-21-12-16(24(30)37)7-8-17(21)14-41-22-10-9-18(33-28(31)32)13-19(22)25(38)36-23/h7-10,12-13,15,20,23H,3-6,11,14,29H2,1-2H3,(H2,30,37)(H,34,40)(H,35,39)(H,36,38)(H4,31,32,33)/t15?,20?,23-/m0/s1. The van der Waals surface area contributed by atoms with Crippen LogP contribution in [-0.2, 0) is 16.2 Å². The van der Waals surface area contributed by atoms with E-state index in [4.69, 9.17) is 27.7 Å². The second-order valence-electron chi connectivity index (χ2n) is 9.91. The molecule has 0 spiro atoms. The number of hydrogen-bond acceptors (Lipinski definition) is 7. The Hall–Kier alpha value is -4.65. The van der Waals surface area contributed by atoms with E-state index in [0.717, 1.165) is 0 Å². The fourth-order valence-electron chi connectivity index (χ4n) is 4.33. The number of carbonyl (C=O) groups is 4. The van der Waals surface area contributed by atoms with Crippen LogP contribution in [-0.4, -0.2) is 48.2 Å². The van der Waals surface area contributed by atoms with E-state index in [0.29, 0.717) is 43.5 Å². The summed E-state index contributed by atoms with van der Waals surface area (Å²) in [4.78, 5) is 56.5. The number of anilines is 1. The minimum absolute atomic E-state index is 0.0738. The number of aliphatic imine (C=N–C) groups is 1. The molecule has 13 nitrogen and oxygen atoms in total. The van der Waals surface area contributed by atoms with Gasteiger partial charge in [-0.15, -0.1) is 0 Å². The first-order valence-electron chi connectivity index (χ1n) is 13.4. The Morgan fingerprint density at radius 1 is 1.05 bits per heavy atom. The first-order valence-corrected chi connectivity index (χ1v) is 13.4. The Morgan fingerprint density at radius 2 is 1.80 bits per heavy atom. The molecule has 1 aliphatic rings. The zero-order valence-corrected chi connectivity index (χ0v) is 23.2. The molecule has 2 aromatic rings. The number of primary amides is 1. The van der Waals surface area contributed by atoms with Crippen molar-refractivity contribution in [2.75, 3.05) is 11.9 Å². The summed E-state index contributed by atoms with van der Waals surface area (Å²) < 4.78 is 6.03. The lowest BCUT2D eigenvalue weighted by molar-refractivity contribution is -0.128. The average Bonchev–Trinajstić information content (AvgIpc) is 2.93. The van der Waals surface area contributed by atoms with Crippen LogP contribution in [0.5, 0.6) is 5.75 Å². The first-order chi connectivity index (χ1) is 19.5. The van der Waals surface area contributed by atoms with Crippen LogP contribution in [0.2, 0.25) is 0 Å². The number of ether oxygens (including phenoxy) is 1. The number of rotatable bonds is 8. The van der Waals surface area contributed by atoms with Gasteiger partial charge in [0.2, 0.25) is 17.7 Å². The Morgan fingerprint density at radius 3 is 2.46 bits per heavy atom.